The van der Waals surface area contributed by atoms with Crippen LogP contribution in [0.3, 0.4) is 0 Å². The molecule has 0 aliphatic heterocycles. The minimum absolute atomic E-state index is 0.0619. The van der Waals surface area contributed by atoms with Crippen molar-refractivity contribution in [3.63, 3.8) is 0 Å². The zero-order valence-electron chi connectivity index (χ0n) is 11.1. The molecule has 0 atom stereocenters. The molecule has 0 unspecified atom stereocenters. The van der Waals surface area contributed by atoms with Gasteiger partial charge in [-0.25, -0.2) is 14.4 Å². The standard InChI is InChI=1S/C15H13FN4O/c16-12-1-3-14(21)11(7-12)8-18-13-2-4-15(19-9-13)20-6-5-17-10-20/h1-7,9-10,18,21H,8H2. The van der Waals surface area contributed by atoms with Crippen molar-refractivity contribution in [3.8, 4) is 11.6 Å². The number of hydrogen-bond donors (Lipinski definition) is 2. The number of aromatic hydroxyl groups is 1. The summed E-state index contributed by atoms with van der Waals surface area (Å²) in [6.07, 6.45) is 6.83. The van der Waals surface area contributed by atoms with E-state index in [4.69, 9.17) is 0 Å². The van der Waals surface area contributed by atoms with Gasteiger partial charge in [-0.3, -0.25) is 4.57 Å². The number of phenolic OH excluding ortho intramolecular Hbond substituents is 1. The van der Waals surface area contributed by atoms with E-state index in [1.54, 1.807) is 29.5 Å². The number of hydrogen-bond acceptors (Lipinski definition) is 4. The van der Waals surface area contributed by atoms with Crippen LogP contribution in [0.15, 0.2) is 55.2 Å². The number of nitrogens with one attached hydrogen (secondary N) is 1. The van der Waals surface area contributed by atoms with E-state index in [1.807, 2.05) is 12.1 Å². The van der Waals surface area contributed by atoms with E-state index >= 15 is 0 Å². The van der Waals surface area contributed by atoms with Gasteiger partial charge in [-0.1, -0.05) is 0 Å². The molecule has 5 nitrogen and oxygen atoms in total. The number of imidazole rings is 1. The number of nitrogens with zero attached hydrogens (tertiary/aromatic N) is 3. The first kappa shape index (κ1) is 13.1. The average molecular weight is 284 g/mol. The predicted octanol–water partition coefficient (Wildman–Crippen LogP) is 2.72. The molecule has 0 radical (unpaired) electrons. The molecule has 2 heterocycles. The van der Waals surface area contributed by atoms with E-state index in [0.29, 0.717) is 12.1 Å². The normalized spacial score (nSPS) is 10.5. The summed E-state index contributed by atoms with van der Waals surface area (Å²) in [6, 6.07) is 7.57. The number of phenols is 1. The molecule has 0 fully saturated rings. The molecule has 3 rings (SSSR count). The van der Waals surface area contributed by atoms with Crippen molar-refractivity contribution in [1.29, 1.82) is 0 Å². The molecule has 2 N–H and O–H groups in total. The van der Waals surface area contributed by atoms with Gasteiger partial charge in [0.2, 0.25) is 0 Å². The number of aromatic nitrogens is 3. The molecule has 6 heteroatoms. The summed E-state index contributed by atoms with van der Waals surface area (Å²) in [5, 5.41) is 12.7. The first-order chi connectivity index (χ1) is 10.2. The minimum atomic E-state index is -0.377. The first-order valence-electron chi connectivity index (χ1n) is 6.38. The quantitative estimate of drug-likeness (QED) is 0.773. The Labute approximate surface area is 120 Å². The van der Waals surface area contributed by atoms with Crippen molar-refractivity contribution in [1.82, 2.24) is 14.5 Å². The third-order valence-corrected chi connectivity index (χ3v) is 3.04. The topological polar surface area (TPSA) is 63.0 Å². The Bertz CT molecular complexity index is 726. The second-order valence-corrected chi connectivity index (χ2v) is 4.50. The van der Waals surface area contributed by atoms with Crippen LogP contribution in [0.1, 0.15) is 5.56 Å². The monoisotopic (exact) mass is 284 g/mol. The molecular weight excluding hydrogens is 271 g/mol. The fourth-order valence-electron chi connectivity index (χ4n) is 1.93. The number of anilines is 1. The molecule has 0 aliphatic carbocycles. The summed E-state index contributed by atoms with van der Waals surface area (Å²) in [7, 11) is 0. The molecule has 1 aromatic carbocycles. The van der Waals surface area contributed by atoms with E-state index in [1.165, 1.54) is 18.2 Å². The molecular formula is C15H13FN4O. The van der Waals surface area contributed by atoms with E-state index < -0.39 is 0 Å². The van der Waals surface area contributed by atoms with Crippen LogP contribution >= 0.6 is 0 Å². The second-order valence-electron chi connectivity index (χ2n) is 4.50. The van der Waals surface area contributed by atoms with Crippen molar-refractivity contribution in [2.75, 3.05) is 5.32 Å². The predicted molar refractivity (Wildman–Crippen MR) is 76.8 cm³/mol. The van der Waals surface area contributed by atoms with Crippen molar-refractivity contribution in [2.45, 2.75) is 6.54 Å². The summed E-state index contributed by atoms with van der Waals surface area (Å²) in [5.74, 6) is 0.441. The number of benzene rings is 1. The van der Waals surface area contributed by atoms with Gasteiger partial charge in [-0.2, -0.15) is 0 Å². The molecule has 0 saturated heterocycles. The van der Waals surface area contributed by atoms with Crippen molar-refractivity contribution >= 4 is 5.69 Å². The van der Waals surface area contributed by atoms with Crippen LogP contribution in [0.2, 0.25) is 0 Å². The molecule has 0 saturated carbocycles. The van der Waals surface area contributed by atoms with Gasteiger partial charge >= 0.3 is 0 Å². The highest BCUT2D eigenvalue weighted by Crippen LogP contribution is 2.19. The van der Waals surface area contributed by atoms with Crippen molar-refractivity contribution < 1.29 is 9.50 Å². The lowest BCUT2D eigenvalue weighted by Gasteiger charge is -2.09. The molecule has 106 valence electrons. The SMILES string of the molecule is Oc1ccc(F)cc1CNc1ccc(-n2ccnc2)nc1. The highest BCUT2D eigenvalue weighted by Gasteiger charge is 2.03. The first-order valence-corrected chi connectivity index (χ1v) is 6.38. The van der Waals surface area contributed by atoms with Gasteiger partial charge in [-0.05, 0) is 30.3 Å². The third-order valence-electron chi connectivity index (χ3n) is 3.04. The maximum atomic E-state index is 13.1. The Morgan fingerprint density at radius 1 is 1.24 bits per heavy atom. The van der Waals surface area contributed by atoms with Crippen LogP contribution in [0.4, 0.5) is 10.1 Å². The van der Waals surface area contributed by atoms with Gasteiger partial charge in [0.25, 0.3) is 0 Å². The number of rotatable bonds is 4. The lowest BCUT2D eigenvalue weighted by molar-refractivity contribution is 0.466. The van der Waals surface area contributed by atoms with Gasteiger partial charge < -0.3 is 10.4 Å². The number of pyridine rings is 1. The van der Waals surface area contributed by atoms with E-state index in [2.05, 4.69) is 15.3 Å². The Balaban J connectivity index is 1.70. The summed E-state index contributed by atoms with van der Waals surface area (Å²) >= 11 is 0. The number of halogens is 1. The van der Waals surface area contributed by atoms with Crippen LogP contribution in [0.5, 0.6) is 5.75 Å². The zero-order valence-corrected chi connectivity index (χ0v) is 11.1. The van der Waals surface area contributed by atoms with Crippen molar-refractivity contribution in [3.05, 3.63) is 66.6 Å². The largest absolute Gasteiger partial charge is 0.508 e. The van der Waals surface area contributed by atoms with Crippen LogP contribution in [0, 0.1) is 5.82 Å². The highest BCUT2D eigenvalue weighted by atomic mass is 19.1. The van der Waals surface area contributed by atoms with Crippen LogP contribution < -0.4 is 5.32 Å². The van der Waals surface area contributed by atoms with E-state index in [9.17, 15) is 9.50 Å². The zero-order chi connectivity index (χ0) is 14.7. The lowest BCUT2D eigenvalue weighted by atomic mass is 10.2. The Kier molecular flexibility index (Phi) is 3.51. The average Bonchev–Trinajstić information content (AvgIpc) is 3.03. The lowest BCUT2D eigenvalue weighted by Crippen LogP contribution is -2.02. The fraction of sp³-hybridized carbons (Fsp3) is 0.0667. The molecule has 3 aromatic rings. The molecule has 2 aromatic heterocycles. The summed E-state index contributed by atoms with van der Waals surface area (Å²) in [6.45, 7) is 0.315. The molecule has 0 amide bonds. The molecule has 21 heavy (non-hydrogen) atoms. The summed E-state index contributed by atoms with van der Waals surface area (Å²) < 4.78 is 14.9. The Morgan fingerprint density at radius 2 is 2.14 bits per heavy atom. The third kappa shape index (κ3) is 3.00. The van der Waals surface area contributed by atoms with E-state index in [0.717, 1.165) is 11.5 Å². The fourth-order valence-corrected chi connectivity index (χ4v) is 1.93. The Hall–Kier alpha value is -2.89. The summed E-state index contributed by atoms with van der Waals surface area (Å²) in [4.78, 5) is 8.26. The van der Waals surface area contributed by atoms with Crippen LogP contribution in [-0.4, -0.2) is 19.6 Å². The van der Waals surface area contributed by atoms with Crippen molar-refractivity contribution in [2.24, 2.45) is 0 Å². The maximum Gasteiger partial charge on any atom is 0.137 e. The van der Waals surface area contributed by atoms with Gasteiger partial charge in [0.1, 0.15) is 23.7 Å². The summed E-state index contributed by atoms with van der Waals surface area (Å²) in [5.41, 5.74) is 1.27. The van der Waals surface area contributed by atoms with Gasteiger partial charge in [0.15, 0.2) is 0 Å². The van der Waals surface area contributed by atoms with Crippen LogP contribution in [-0.2, 0) is 6.54 Å². The van der Waals surface area contributed by atoms with E-state index in [-0.39, 0.29) is 11.6 Å². The molecule has 0 bridgehead atoms. The second kappa shape index (κ2) is 5.62. The maximum absolute atomic E-state index is 13.1. The van der Waals surface area contributed by atoms with Gasteiger partial charge in [-0.15, -0.1) is 0 Å². The smallest absolute Gasteiger partial charge is 0.137 e. The molecule has 0 aliphatic rings. The highest BCUT2D eigenvalue weighted by molar-refractivity contribution is 5.45. The van der Waals surface area contributed by atoms with Crippen LogP contribution in [0.25, 0.3) is 5.82 Å². The minimum Gasteiger partial charge on any atom is -0.508 e. The van der Waals surface area contributed by atoms with Gasteiger partial charge in [0.05, 0.1) is 11.9 Å². The Morgan fingerprint density at radius 3 is 2.86 bits per heavy atom. The molecule has 0 spiro atoms. The van der Waals surface area contributed by atoms with Gasteiger partial charge in [0, 0.05) is 24.5 Å².